The molecule has 0 aliphatic carbocycles. The molecule has 0 saturated carbocycles. The molecule has 0 spiro atoms. The van der Waals surface area contributed by atoms with Crippen molar-refractivity contribution in [1.29, 1.82) is 0 Å². The van der Waals surface area contributed by atoms with Crippen LogP contribution in [0.4, 0.5) is 13.6 Å². The Hall–Kier alpha value is -3.31. The van der Waals surface area contributed by atoms with E-state index in [1.807, 2.05) is 0 Å². The van der Waals surface area contributed by atoms with Gasteiger partial charge in [0.15, 0.2) is 5.65 Å². The van der Waals surface area contributed by atoms with Crippen LogP contribution in [-0.4, -0.2) is 73.6 Å². The highest BCUT2D eigenvalue weighted by Crippen LogP contribution is 2.29. The first-order valence-electron chi connectivity index (χ1n) is 11.0. The highest BCUT2D eigenvalue weighted by Gasteiger charge is 2.46. The zero-order valence-corrected chi connectivity index (χ0v) is 19.5. The van der Waals surface area contributed by atoms with Crippen molar-refractivity contribution in [3.05, 3.63) is 38.5 Å². The van der Waals surface area contributed by atoms with E-state index in [1.165, 1.54) is 23.9 Å². The molecule has 10 nitrogen and oxygen atoms in total. The average Bonchev–Trinajstić information content (AvgIpc) is 2.74. The lowest BCUT2D eigenvalue weighted by atomic mass is 10.0. The van der Waals surface area contributed by atoms with Gasteiger partial charge in [-0.15, -0.1) is 0 Å². The second-order valence-corrected chi connectivity index (χ2v) is 9.82. The molecule has 2 aromatic rings. The number of likely N-dealkylation sites (tertiary alicyclic amines) is 2. The van der Waals surface area contributed by atoms with Crippen molar-refractivity contribution in [1.82, 2.24) is 23.9 Å². The van der Waals surface area contributed by atoms with Gasteiger partial charge in [0.2, 0.25) is 0 Å². The smallest absolute Gasteiger partial charge is 0.410 e. The van der Waals surface area contributed by atoms with Crippen LogP contribution < -0.4 is 11.1 Å². The summed E-state index contributed by atoms with van der Waals surface area (Å²) in [6.45, 7) is 4.67. The van der Waals surface area contributed by atoms with Crippen molar-refractivity contribution >= 4 is 23.2 Å². The number of ether oxygens (including phenoxy) is 1. The molecule has 2 amide bonds. The number of aryl methyl sites for hydroxylation is 1. The van der Waals surface area contributed by atoms with E-state index in [0.29, 0.717) is 25.9 Å². The third-order valence-electron chi connectivity index (χ3n) is 6.00. The molecule has 12 heteroatoms. The van der Waals surface area contributed by atoms with E-state index in [1.54, 1.807) is 25.7 Å². The highest BCUT2D eigenvalue weighted by molar-refractivity contribution is 5.97. The number of alkyl halides is 2. The van der Waals surface area contributed by atoms with Crippen LogP contribution in [0.3, 0.4) is 0 Å². The molecule has 4 rings (SSSR count). The molecule has 184 valence electrons. The summed E-state index contributed by atoms with van der Waals surface area (Å²) in [7, 11) is 1.40. The Balaban J connectivity index is 1.62. The van der Waals surface area contributed by atoms with Gasteiger partial charge in [0, 0.05) is 32.4 Å². The Kier molecular flexibility index (Phi) is 5.73. The first-order chi connectivity index (χ1) is 15.8. The fourth-order valence-corrected chi connectivity index (χ4v) is 4.26. The zero-order valence-electron chi connectivity index (χ0n) is 19.5. The van der Waals surface area contributed by atoms with Crippen LogP contribution in [0.1, 0.15) is 50.0 Å². The Morgan fingerprint density at radius 1 is 1.09 bits per heavy atom. The van der Waals surface area contributed by atoms with E-state index < -0.39 is 47.7 Å². The maximum absolute atomic E-state index is 13.2. The molecule has 0 atom stereocenters. The first kappa shape index (κ1) is 23.8. The van der Waals surface area contributed by atoms with E-state index in [0.717, 1.165) is 9.47 Å². The standard InChI is InChI=1S/C22H27F2N5O5/c1-21(2,3)34-20(33)27-7-5-14(6-8-27)29-16-15(26(4)18(31)19(29)32)9-13(10-25-16)17(30)28-11-22(23,24)12-28/h9-10,14H,5-8,11-12H2,1-4H3. The average molecular weight is 479 g/mol. The molecule has 2 aliphatic heterocycles. The van der Waals surface area contributed by atoms with Crippen LogP contribution >= 0.6 is 0 Å². The number of pyridine rings is 1. The fourth-order valence-electron chi connectivity index (χ4n) is 4.26. The van der Waals surface area contributed by atoms with Gasteiger partial charge in [-0.2, -0.15) is 0 Å². The highest BCUT2D eigenvalue weighted by atomic mass is 19.3. The van der Waals surface area contributed by atoms with E-state index in [4.69, 9.17) is 4.74 Å². The van der Waals surface area contributed by atoms with Gasteiger partial charge in [-0.3, -0.25) is 19.0 Å². The van der Waals surface area contributed by atoms with E-state index in [-0.39, 0.29) is 22.8 Å². The Labute approximate surface area is 193 Å². The number of aromatic nitrogens is 3. The topological polar surface area (TPSA) is 107 Å². The van der Waals surface area contributed by atoms with Gasteiger partial charge in [0.05, 0.1) is 24.2 Å². The van der Waals surface area contributed by atoms with Gasteiger partial charge in [-0.1, -0.05) is 0 Å². The lowest BCUT2D eigenvalue weighted by Gasteiger charge is -2.38. The molecule has 2 saturated heterocycles. The van der Waals surface area contributed by atoms with Crippen molar-refractivity contribution < 1.29 is 23.1 Å². The number of hydrogen-bond acceptors (Lipinski definition) is 6. The van der Waals surface area contributed by atoms with Crippen molar-refractivity contribution in [3.8, 4) is 0 Å². The Bertz CT molecular complexity index is 1260. The van der Waals surface area contributed by atoms with Gasteiger partial charge < -0.3 is 19.1 Å². The maximum atomic E-state index is 13.2. The summed E-state index contributed by atoms with van der Waals surface area (Å²) in [5.74, 6) is -3.52. The van der Waals surface area contributed by atoms with Crippen molar-refractivity contribution in [2.24, 2.45) is 7.05 Å². The number of fused-ring (bicyclic) bond motifs is 1. The van der Waals surface area contributed by atoms with Crippen molar-refractivity contribution in [3.63, 3.8) is 0 Å². The molecular formula is C22H27F2N5O5. The number of carbonyl (C=O) groups is 2. The molecule has 0 unspecified atom stereocenters. The number of nitrogens with zero attached hydrogens (tertiary/aromatic N) is 5. The number of halogens is 2. The van der Waals surface area contributed by atoms with Crippen molar-refractivity contribution in [2.75, 3.05) is 26.2 Å². The first-order valence-corrected chi connectivity index (χ1v) is 11.0. The quantitative estimate of drug-likeness (QED) is 0.608. The summed E-state index contributed by atoms with van der Waals surface area (Å²) in [5.41, 5.74) is -1.64. The van der Waals surface area contributed by atoms with Crippen LogP contribution in [0.5, 0.6) is 0 Å². The summed E-state index contributed by atoms with van der Waals surface area (Å²) in [5, 5.41) is 0. The third kappa shape index (κ3) is 4.40. The monoisotopic (exact) mass is 479 g/mol. The summed E-state index contributed by atoms with van der Waals surface area (Å²) in [6.07, 6.45) is 1.61. The molecule has 34 heavy (non-hydrogen) atoms. The molecule has 4 heterocycles. The predicted molar refractivity (Wildman–Crippen MR) is 118 cm³/mol. The van der Waals surface area contributed by atoms with Crippen LogP contribution in [0.15, 0.2) is 21.9 Å². The summed E-state index contributed by atoms with van der Waals surface area (Å²) in [6, 6.07) is 1.01. The molecule has 2 fully saturated rings. The minimum atomic E-state index is -2.90. The van der Waals surface area contributed by atoms with Gasteiger partial charge in [0.25, 0.3) is 11.8 Å². The lowest BCUT2D eigenvalue weighted by molar-refractivity contribution is -0.113. The molecule has 0 bridgehead atoms. The van der Waals surface area contributed by atoms with Gasteiger partial charge in [-0.25, -0.2) is 18.6 Å². The van der Waals surface area contributed by atoms with Crippen LogP contribution in [-0.2, 0) is 11.8 Å². The van der Waals surface area contributed by atoms with E-state index >= 15 is 0 Å². The number of piperidine rings is 1. The predicted octanol–water partition coefficient (Wildman–Crippen LogP) is 1.76. The maximum Gasteiger partial charge on any atom is 0.410 e. The Morgan fingerprint density at radius 3 is 2.26 bits per heavy atom. The molecule has 2 aromatic heterocycles. The number of carbonyl (C=O) groups excluding carboxylic acids is 2. The van der Waals surface area contributed by atoms with Gasteiger partial charge in [-0.05, 0) is 39.7 Å². The number of amides is 2. The number of rotatable bonds is 2. The summed E-state index contributed by atoms with van der Waals surface area (Å²) >= 11 is 0. The zero-order chi connectivity index (χ0) is 25.0. The normalized spacial score (nSPS) is 18.6. The lowest BCUT2D eigenvalue weighted by Crippen LogP contribution is -2.58. The molecule has 0 aromatic carbocycles. The fraction of sp³-hybridized carbons (Fsp3) is 0.591. The van der Waals surface area contributed by atoms with Crippen LogP contribution in [0, 0.1) is 0 Å². The number of hydrogen-bond donors (Lipinski definition) is 0. The minimum Gasteiger partial charge on any atom is -0.444 e. The van der Waals surface area contributed by atoms with Gasteiger partial charge in [0.1, 0.15) is 5.60 Å². The summed E-state index contributed by atoms with van der Waals surface area (Å²) < 4.78 is 34.2. The second-order valence-electron chi connectivity index (χ2n) is 9.82. The molecule has 2 aliphatic rings. The summed E-state index contributed by atoms with van der Waals surface area (Å²) in [4.78, 5) is 57.3. The molecular weight excluding hydrogens is 452 g/mol. The van der Waals surface area contributed by atoms with Crippen LogP contribution in [0.25, 0.3) is 11.2 Å². The minimum absolute atomic E-state index is 0.0583. The third-order valence-corrected chi connectivity index (χ3v) is 6.00. The SMILES string of the molecule is Cn1c(=O)c(=O)n(C2CCN(C(=O)OC(C)(C)C)CC2)c2ncc(C(=O)N3CC(F)(F)C3)cc21. The van der Waals surface area contributed by atoms with Crippen molar-refractivity contribution in [2.45, 2.75) is 51.2 Å². The van der Waals surface area contributed by atoms with Gasteiger partial charge >= 0.3 is 17.2 Å². The van der Waals surface area contributed by atoms with E-state index in [2.05, 4.69) is 4.98 Å². The Morgan fingerprint density at radius 2 is 1.71 bits per heavy atom. The largest absolute Gasteiger partial charge is 0.444 e. The second kappa shape index (κ2) is 8.17. The van der Waals surface area contributed by atoms with E-state index in [9.17, 15) is 28.0 Å². The molecule has 0 N–H and O–H groups in total. The molecule has 0 radical (unpaired) electrons. The van der Waals surface area contributed by atoms with Crippen LogP contribution in [0.2, 0.25) is 0 Å².